The highest BCUT2D eigenvalue weighted by atomic mass is 79.9. The van der Waals surface area contributed by atoms with E-state index in [-0.39, 0.29) is 34.8 Å². The molecule has 0 aromatic carbocycles. The molecule has 0 N–H and O–H groups in total. The lowest BCUT2D eigenvalue weighted by molar-refractivity contribution is -0.124. The van der Waals surface area contributed by atoms with Gasteiger partial charge in [0, 0.05) is 25.0 Å². The van der Waals surface area contributed by atoms with Gasteiger partial charge >= 0.3 is 0 Å². The summed E-state index contributed by atoms with van der Waals surface area (Å²) in [5, 5.41) is 0.198. The Morgan fingerprint density at radius 3 is 2.15 bits per heavy atom. The molecule has 0 bridgehead atoms. The summed E-state index contributed by atoms with van der Waals surface area (Å²) in [4.78, 5) is 29.1. The smallest absolute Gasteiger partial charge is 0.230 e. The van der Waals surface area contributed by atoms with Crippen molar-refractivity contribution in [3.05, 3.63) is 14.7 Å². The molecule has 1 aromatic rings. The van der Waals surface area contributed by atoms with Gasteiger partial charge in [0.05, 0.1) is 14.4 Å². The number of anilines is 1. The Bertz CT molecular complexity index is 846. The number of thiophene rings is 1. The second-order valence-corrected chi connectivity index (χ2v) is 19.0. The number of rotatable bonds is 6. The van der Waals surface area contributed by atoms with Gasteiger partial charge in [0.1, 0.15) is 0 Å². The maximum atomic E-state index is 13.9. The number of hydrogen-bond acceptors (Lipinski definition) is 4. The average Bonchev–Trinajstić information content (AvgIpc) is 3.10. The minimum atomic E-state index is -1.81. The van der Waals surface area contributed by atoms with Crippen LogP contribution < -0.4 is 4.90 Å². The van der Waals surface area contributed by atoms with E-state index < -0.39 is 8.32 Å². The number of carbonyl (C=O) groups excluding carboxylic acids is 2. The van der Waals surface area contributed by atoms with Crippen LogP contribution in [0.2, 0.25) is 18.1 Å². The molecule has 4 nitrogen and oxygen atoms in total. The number of amides is 1. The van der Waals surface area contributed by atoms with E-state index in [2.05, 4.69) is 56.7 Å². The summed E-state index contributed by atoms with van der Waals surface area (Å²) in [5.41, 5.74) is 0.816. The van der Waals surface area contributed by atoms with Crippen molar-refractivity contribution < 1.29 is 14.0 Å². The molecule has 0 atom stereocenters. The van der Waals surface area contributed by atoms with Crippen LogP contribution >= 0.6 is 27.3 Å². The number of ketones is 1. The Morgan fingerprint density at radius 2 is 1.64 bits per heavy atom. The van der Waals surface area contributed by atoms with Crippen molar-refractivity contribution in [2.24, 2.45) is 11.8 Å². The van der Waals surface area contributed by atoms with E-state index in [1.807, 2.05) is 11.0 Å². The molecular weight excluding hydrogens is 514 g/mol. The minimum Gasteiger partial charge on any atom is -0.414 e. The van der Waals surface area contributed by atoms with E-state index in [0.29, 0.717) is 10.8 Å². The van der Waals surface area contributed by atoms with E-state index in [1.165, 1.54) is 11.3 Å². The lowest BCUT2D eigenvalue weighted by Crippen LogP contribution is -2.49. The Morgan fingerprint density at radius 1 is 1.06 bits per heavy atom. The van der Waals surface area contributed by atoms with Gasteiger partial charge in [-0.25, -0.2) is 0 Å². The van der Waals surface area contributed by atoms with Gasteiger partial charge in [0.2, 0.25) is 5.91 Å². The molecule has 3 rings (SSSR count). The van der Waals surface area contributed by atoms with Gasteiger partial charge in [-0.15, -0.1) is 11.3 Å². The number of hydrogen-bond donors (Lipinski definition) is 0. The molecule has 2 fully saturated rings. The number of carbonyl (C=O) groups is 2. The summed E-state index contributed by atoms with van der Waals surface area (Å²) < 4.78 is 7.62. The first-order valence-electron chi connectivity index (χ1n) is 12.6. The first-order chi connectivity index (χ1) is 15.3. The van der Waals surface area contributed by atoms with Crippen molar-refractivity contribution in [2.75, 3.05) is 4.90 Å². The maximum absolute atomic E-state index is 13.9. The molecule has 1 heterocycles. The third kappa shape index (κ3) is 6.39. The standard InChI is InChI=1S/C26H42BrNO3SSi/c1-17-8-10-19(11-9-17)25(30)28(22-16-23(27)32-24(22)18(2)29)20-12-14-21(15-13-20)31-33(6,7)26(3,4)5/h16-17,19-21H,8-15H2,1-7H3/t17-,19-,20-,21+. The fourth-order valence-corrected chi connectivity index (χ4v) is 7.89. The summed E-state index contributed by atoms with van der Waals surface area (Å²) in [6, 6.07) is 2.12. The Hall–Kier alpha value is -0.503. The van der Waals surface area contributed by atoms with Gasteiger partial charge < -0.3 is 9.33 Å². The Balaban J connectivity index is 1.81. The van der Waals surface area contributed by atoms with Crippen LogP contribution in [-0.4, -0.2) is 32.2 Å². The summed E-state index contributed by atoms with van der Waals surface area (Å²) in [5.74, 6) is 1.03. The molecule has 0 saturated heterocycles. The summed E-state index contributed by atoms with van der Waals surface area (Å²) >= 11 is 5.02. The third-order valence-electron chi connectivity index (χ3n) is 8.14. The van der Waals surface area contributed by atoms with E-state index in [4.69, 9.17) is 4.43 Å². The highest BCUT2D eigenvalue weighted by Gasteiger charge is 2.41. The molecule has 0 unspecified atom stereocenters. The highest BCUT2D eigenvalue weighted by Crippen LogP contribution is 2.42. The molecular formula is C26H42BrNO3SSi. The monoisotopic (exact) mass is 555 g/mol. The van der Waals surface area contributed by atoms with Crippen LogP contribution in [0.1, 0.15) is 95.7 Å². The normalized spacial score (nSPS) is 26.8. The van der Waals surface area contributed by atoms with Crippen molar-refractivity contribution in [1.82, 2.24) is 0 Å². The quantitative estimate of drug-likeness (QED) is 0.262. The zero-order valence-electron chi connectivity index (χ0n) is 21.5. The zero-order chi connectivity index (χ0) is 24.6. The average molecular weight is 557 g/mol. The van der Waals surface area contributed by atoms with E-state index in [9.17, 15) is 9.59 Å². The topological polar surface area (TPSA) is 46.6 Å². The number of halogens is 1. The summed E-state index contributed by atoms with van der Waals surface area (Å²) in [6.45, 7) is 15.4. The number of Topliss-reactive ketones (excluding diaryl/α,β-unsaturated/α-hetero) is 1. The van der Waals surface area contributed by atoms with Crippen LogP contribution in [0.4, 0.5) is 5.69 Å². The van der Waals surface area contributed by atoms with Crippen molar-refractivity contribution in [2.45, 2.75) is 116 Å². The minimum absolute atomic E-state index is 0.0331. The van der Waals surface area contributed by atoms with Crippen molar-refractivity contribution in [3.8, 4) is 0 Å². The second-order valence-electron chi connectivity index (χ2n) is 11.8. The zero-order valence-corrected chi connectivity index (χ0v) is 24.9. The van der Waals surface area contributed by atoms with Gasteiger partial charge in [0.25, 0.3) is 0 Å². The van der Waals surface area contributed by atoms with Crippen LogP contribution in [0.3, 0.4) is 0 Å². The van der Waals surface area contributed by atoms with E-state index in [1.54, 1.807) is 6.92 Å². The maximum Gasteiger partial charge on any atom is 0.230 e. The van der Waals surface area contributed by atoms with Crippen LogP contribution in [0.5, 0.6) is 0 Å². The molecule has 1 aromatic heterocycles. The van der Waals surface area contributed by atoms with Crippen molar-refractivity contribution in [1.29, 1.82) is 0 Å². The molecule has 2 saturated carbocycles. The van der Waals surface area contributed by atoms with Crippen LogP contribution in [0.25, 0.3) is 0 Å². The van der Waals surface area contributed by atoms with E-state index in [0.717, 1.165) is 60.8 Å². The largest absolute Gasteiger partial charge is 0.414 e. The van der Waals surface area contributed by atoms with Crippen LogP contribution in [0.15, 0.2) is 9.85 Å². The lowest BCUT2D eigenvalue weighted by Gasteiger charge is -2.43. The molecule has 0 radical (unpaired) electrons. The lowest BCUT2D eigenvalue weighted by atomic mass is 9.81. The molecule has 2 aliphatic carbocycles. The third-order valence-corrected chi connectivity index (χ3v) is 14.4. The molecule has 2 aliphatic rings. The second kappa shape index (κ2) is 10.6. The van der Waals surface area contributed by atoms with Gasteiger partial charge in [-0.2, -0.15) is 0 Å². The van der Waals surface area contributed by atoms with Crippen LogP contribution in [0, 0.1) is 11.8 Å². The molecule has 0 spiro atoms. The Labute approximate surface area is 214 Å². The first kappa shape index (κ1) is 27.1. The molecule has 186 valence electrons. The molecule has 33 heavy (non-hydrogen) atoms. The predicted molar refractivity (Wildman–Crippen MR) is 145 cm³/mol. The summed E-state index contributed by atoms with van der Waals surface area (Å²) in [6.07, 6.45) is 8.23. The van der Waals surface area contributed by atoms with Gasteiger partial charge in [-0.1, -0.05) is 27.7 Å². The van der Waals surface area contributed by atoms with Crippen molar-refractivity contribution >= 4 is 53.0 Å². The van der Waals surface area contributed by atoms with Crippen molar-refractivity contribution in [3.63, 3.8) is 0 Å². The van der Waals surface area contributed by atoms with E-state index >= 15 is 0 Å². The number of nitrogens with zero attached hydrogens (tertiary/aromatic N) is 1. The highest BCUT2D eigenvalue weighted by molar-refractivity contribution is 9.11. The predicted octanol–water partition coefficient (Wildman–Crippen LogP) is 8.21. The molecule has 0 aliphatic heterocycles. The first-order valence-corrected chi connectivity index (χ1v) is 17.1. The van der Waals surface area contributed by atoms with Gasteiger partial charge in [-0.3, -0.25) is 9.59 Å². The Kier molecular flexibility index (Phi) is 8.73. The van der Waals surface area contributed by atoms with Gasteiger partial charge in [-0.05, 0) is 97.4 Å². The fourth-order valence-electron chi connectivity index (χ4n) is 5.00. The molecule has 1 amide bonds. The van der Waals surface area contributed by atoms with Gasteiger partial charge in [0.15, 0.2) is 14.1 Å². The van der Waals surface area contributed by atoms with Crippen LogP contribution in [-0.2, 0) is 9.22 Å². The summed E-state index contributed by atoms with van der Waals surface area (Å²) in [7, 11) is -1.81. The SMILES string of the molecule is CC(=O)c1sc(Br)cc1N(C(=O)[C@H]1CC[C@H](C)CC1)[C@H]1CC[C@@H](O[Si](C)(C)C(C)(C)C)CC1. The fraction of sp³-hybridized carbons (Fsp3) is 0.769. The molecule has 7 heteroatoms.